The Hall–Kier alpha value is -1.18. The monoisotopic (exact) mass is 232 g/mol. The highest BCUT2D eigenvalue weighted by Crippen LogP contribution is 2.41. The van der Waals surface area contributed by atoms with Crippen LogP contribution in [-0.2, 0) is 9.59 Å². The molecular formula is C15H20O2. The second-order valence-corrected chi connectivity index (χ2v) is 5.68. The van der Waals surface area contributed by atoms with E-state index in [0.717, 1.165) is 24.0 Å². The number of carbonyl (C=O) groups is 2. The van der Waals surface area contributed by atoms with Crippen LogP contribution >= 0.6 is 0 Å². The smallest absolute Gasteiger partial charge is 0.229 e. The quantitative estimate of drug-likeness (QED) is 0.514. The van der Waals surface area contributed by atoms with Crippen molar-refractivity contribution in [1.82, 2.24) is 0 Å². The van der Waals surface area contributed by atoms with Crippen molar-refractivity contribution in [2.24, 2.45) is 17.8 Å². The van der Waals surface area contributed by atoms with Crippen LogP contribution in [0.5, 0.6) is 0 Å². The first-order valence-electron chi connectivity index (χ1n) is 6.44. The van der Waals surface area contributed by atoms with Crippen LogP contribution in [0.2, 0.25) is 0 Å². The number of carbonyl (C=O) groups excluding carboxylic acids is 2. The van der Waals surface area contributed by atoms with E-state index >= 15 is 0 Å². The van der Waals surface area contributed by atoms with E-state index in [1.807, 2.05) is 6.08 Å². The molecule has 2 atom stereocenters. The van der Waals surface area contributed by atoms with E-state index in [9.17, 15) is 9.59 Å². The predicted octanol–water partition coefficient (Wildman–Crippen LogP) is 3.08. The molecule has 0 aromatic rings. The van der Waals surface area contributed by atoms with Gasteiger partial charge in [-0.05, 0) is 43.1 Å². The third-order valence-electron chi connectivity index (χ3n) is 4.10. The first kappa shape index (κ1) is 12.3. The Bertz CT molecular complexity index is 438. The molecule has 2 nitrogen and oxygen atoms in total. The summed E-state index contributed by atoms with van der Waals surface area (Å²) in [5.74, 6) is 0.643. The molecule has 0 aliphatic heterocycles. The van der Waals surface area contributed by atoms with Crippen molar-refractivity contribution >= 4 is 11.6 Å². The normalized spacial score (nSPS) is 29.6. The van der Waals surface area contributed by atoms with E-state index in [4.69, 9.17) is 0 Å². The van der Waals surface area contributed by atoms with Gasteiger partial charge in [-0.2, -0.15) is 0 Å². The van der Waals surface area contributed by atoms with Gasteiger partial charge in [0.25, 0.3) is 0 Å². The summed E-state index contributed by atoms with van der Waals surface area (Å²) in [4.78, 5) is 23.9. The van der Waals surface area contributed by atoms with Gasteiger partial charge >= 0.3 is 0 Å². The van der Waals surface area contributed by atoms with Gasteiger partial charge in [0, 0.05) is 11.1 Å². The van der Waals surface area contributed by atoms with Crippen LogP contribution in [0.25, 0.3) is 0 Å². The van der Waals surface area contributed by atoms with Crippen molar-refractivity contribution in [3.8, 4) is 0 Å². The van der Waals surface area contributed by atoms with Crippen molar-refractivity contribution < 1.29 is 9.59 Å². The van der Waals surface area contributed by atoms with E-state index in [1.165, 1.54) is 0 Å². The van der Waals surface area contributed by atoms with Gasteiger partial charge in [-0.15, -0.1) is 0 Å². The van der Waals surface area contributed by atoms with Crippen LogP contribution in [0.3, 0.4) is 0 Å². The Morgan fingerprint density at radius 3 is 2.41 bits per heavy atom. The first-order chi connectivity index (χ1) is 7.93. The van der Waals surface area contributed by atoms with E-state index in [2.05, 4.69) is 20.8 Å². The lowest BCUT2D eigenvalue weighted by Crippen LogP contribution is -2.32. The molecule has 0 saturated heterocycles. The van der Waals surface area contributed by atoms with Crippen LogP contribution < -0.4 is 0 Å². The summed E-state index contributed by atoms with van der Waals surface area (Å²) < 4.78 is 0. The molecule has 0 unspecified atom stereocenters. The second kappa shape index (κ2) is 4.25. The summed E-state index contributed by atoms with van der Waals surface area (Å²) in [6.07, 6.45) is 4.11. The van der Waals surface area contributed by atoms with Crippen molar-refractivity contribution in [2.45, 2.75) is 40.5 Å². The van der Waals surface area contributed by atoms with Gasteiger partial charge in [-0.3, -0.25) is 9.59 Å². The second-order valence-electron chi connectivity index (χ2n) is 5.68. The molecule has 92 valence electrons. The Labute approximate surface area is 103 Å². The summed E-state index contributed by atoms with van der Waals surface area (Å²) in [6, 6.07) is 0. The van der Waals surface area contributed by atoms with Crippen molar-refractivity contribution in [1.29, 1.82) is 0 Å². The molecule has 17 heavy (non-hydrogen) atoms. The van der Waals surface area contributed by atoms with Gasteiger partial charge < -0.3 is 0 Å². The molecule has 2 aliphatic rings. The van der Waals surface area contributed by atoms with Gasteiger partial charge in [0.2, 0.25) is 11.6 Å². The van der Waals surface area contributed by atoms with Crippen molar-refractivity contribution in [3.05, 3.63) is 22.8 Å². The van der Waals surface area contributed by atoms with E-state index in [1.54, 1.807) is 6.92 Å². The maximum atomic E-state index is 12.1. The largest absolute Gasteiger partial charge is 0.285 e. The minimum absolute atomic E-state index is 0.237. The first-order valence-corrected chi connectivity index (χ1v) is 6.44. The molecule has 0 spiro atoms. The van der Waals surface area contributed by atoms with Gasteiger partial charge in [-0.1, -0.05) is 26.8 Å². The zero-order chi connectivity index (χ0) is 12.7. The third-order valence-corrected chi connectivity index (χ3v) is 4.10. The predicted molar refractivity (Wildman–Crippen MR) is 67.5 cm³/mol. The van der Waals surface area contributed by atoms with E-state index in [0.29, 0.717) is 17.4 Å². The summed E-state index contributed by atoms with van der Waals surface area (Å²) >= 11 is 0. The van der Waals surface area contributed by atoms with Gasteiger partial charge in [0.05, 0.1) is 0 Å². The average Bonchev–Trinajstić information content (AvgIpc) is 2.25. The Balaban J connectivity index is 2.55. The third kappa shape index (κ3) is 1.90. The summed E-state index contributed by atoms with van der Waals surface area (Å²) in [5.41, 5.74) is 2.54. The molecule has 0 N–H and O–H groups in total. The highest BCUT2D eigenvalue weighted by atomic mass is 16.2. The fourth-order valence-electron chi connectivity index (χ4n) is 3.05. The highest BCUT2D eigenvalue weighted by Gasteiger charge is 2.37. The molecule has 2 rings (SSSR count). The average molecular weight is 232 g/mol. The number of hydrogen-bond acceptors (Lipinski definition) is 2. The molecule has 0 amide bonds. The molecular weight excluding hydrogens is 212 g/mol. The van der Waals surface area contributed by atoms with E-state index in [-0.39, 0.29) is 17.5 Å². The number of rotatable bonds is 1. The molecule has 0 aromatic heterocycles. The molecule has 0 bridgehead atoms. The SMILES string of the molecule is CC1=CC2=C(C(=O)C1=O)[C@H](C)CC[C@H]2C(C)C. The number of ketones is 2. The maximum absolute atomic E-state index is 12.1. The minimum Gasteiger partial charge on any atom is -0.285 e. The standard InChI is InChI=1S/C15H20O2/c1-8(2)11-6-5-9(3)13-12(11)7-10(4)14(16)15(13)17/h7-9,11H,5-6H2,1-4H3/t9-,11+/m1/s1. The Morgan fingerprint density at radius 1 is 1.18 bits per heavy atom. The lowest BCUT2D eigenvalue weighted by atomic mass is 9.69. The minimum atomic E-state index is -0.306. The van der Waals surface area contributed by atoms with Gasteiger partial charge in [-0.25, -0.2) is 0 Å². The van der Waals surface area contributed by atoms with Crippen molar-refractivity contribution in [3.63, 3.8) is 0 Å². The maximum Gasteiger partial charge on any atom is 0.229 e. The van der Waals surface area contributed by atoms with Crippen molar-refractivity contribution in [2.75, 3.05) is 0 Å². The summed E-state index contributed by atoms with van der Waals surface area (Å²) in [6.45, 7) is 8.19. The zero-order valence-corrected chi connectivity index (χ0v) is 11.0. The van der Waals surface area contributed by atoms with Crippen LogP contribution in [0.15, 0.2) is 22.8 Å². The number of allylic oxidation sites excluding steroid dienone is 4. The summed E-state index contributed by atoms with van der Waals surface area (Å²) in [7, 11) is 0. The number of hydrogen-bond donors (Lipinski definition) is 0. The fraction of sp³-hybridized carbons (Fsp3) is 0.600. The molecule has 0 fully saturated rings. The van der Waals surface area contributed by atoms with Gasteiger partial charge in [0.15, 0.2) is 0 Å². The molecule has 2 heteroatoms. The summed E-state index contributed by atoms with van der Waals surface area (Å²) in [5, 5.41) is 0. The number of Topliss-reactive ketones (excluding diaryl/α,β-unsaturated/α-hetero) is 2. The lowest BCUT2D eigenvalue weighted by molar-refractivity contribution is -0.132. The highest BCUT2D eigenvalue weighted by molar-refractivity contribution is 6.50. The van der Waals surface area contributed by atoms with Crippen LogP contribution in [0, 0.1) is 17.8 Å². The Kier molecular flexibility index (Phi) is 3.07. The molecule has 0 radical (unpaired) electrons. The van der Waals surface area contributed by atoms with Crippen LogP contribution in [0.4, 0.5) is 0 Å². The molecule has 0 saturated carbocycles. The molecule has 0 heterocycles. The Morgan fingerprint density at radius 2 is 1.82 bits per heavy atom. The van der Waals surface area contributed by atoms with Crippen LogP contribution in [-0.4, -0.2) is 11.6 Å². The molecule has 2 aliphatic carbocycles. The lowest BCUT2D eigenvalue weighted by Gasteiger charge is -2.34. The van der Waals surface area contributed by atoms with E-state index < -0.39 is 0 Å². The topological polar surface area (TPSA) is 34.1 Å². The zero-order valence-electron chi connectivity index (χ0n) is 11.0. The molecule has 0 aromatic carbocycles. The van der Waals surface area contributed by atoms with Gasteiger partial charge in [0.1, 0.15) is 0 Å². The van der Waals surface area contributed by atoms with Crippen LogP contribution in [0.1, 0.15) is 40.5 Å². The fourth-order valence-corrected chi connectivity index (χ4v) is 3.05.